The van der Waals surface area contributed by atoms with Crippen LogP contribution in [0.2, 0.25) is 0 Å². The fraction of sp³-hybridized carbons (Fsp3) is 0.276. The minimum atomic E-state index is 1.12. The van der Waals surface area contributed by atoms with Crippen molar-refractivity contribution in [2.45, 2.75) is 106 Å². The molecule has 8 aromatic carbocycles. The Kier molecular flexibility index (Phi) is 12.7. The van der Waals surface area contributed by atoms with Gasteiger partial charge in [-0.15, -0.1) is 0 Å². The number of nitrogens with zero attached hydrogens (tertiary/aromatic N) is 2. The third kappa shape index (κ3) is 8.57. The summed E-state index contributed by atoms with van der Waals surface area (Å²) in [5.74, 6) is 0. The van der Waals surface area contributed by atoms with E-state index in [-0.39, 0.29) is 0 Å². The smallest absolute Gasteiger partial charge is 0.0546 e. The van der Waals surface area contributed by atoms with Crippen LogP contribution in [-0.4, -0.2) is 0 Å². The van der Waals surface area contributed by atoms with Gasteiger partial charge in [0.1, 0.15) is 0 Å². The van der Waals surface area contributed by atoms with Crippen LogP contribution in [0.1, 0.15) is 98.6 Å². The van der Waals surface area contributed by atoms with Crippen molar-refractivity contribution >= 4 is 66.4 Å². The van der Waals surface area contributed by atoms with Gasteiger partial charge in [0.15, 0.2) is 0 Å². The first-order valence-electron chi connectivity index (χ1n) is 22.6. The maximum atomic E-state index is 2.49. The standard InChI is InChI=1S/C58H62N2/c1-7-9-11-13-19-45-27-33-47(34-28-45)59(49-31-25-41(3)43(5)37-49)57-39-55-52-22-16-18-24-54(52)58(40-56(55)51-21-15-17-23-53(51)57)60(50-32-26-42(4)44(6)38-50)48-35-29-46(30-36-48)20-14-12-10-8-2/h15-18,21-40H,7-14,19-20H2,1-6H3. The Morgan fingerprint density at radius 3 is 1.05 bits per heavy atom. The Hall–Kier alpha value is -5.86. The second kappa shape index (κ2) is 18.6. The van der Waals surface area contributed by atoms with Gasteiger partial charge in [-0.1, -0.05) is 137 Å². The SMILES string of the molecule is CCCCCCc1ccc(N(c2ccc(C)c(C)c2)c2cc3c4ccccc4c(N(c4ccc(CCCCCC)cc4)c4ccc(C)c(C)c4)cc3c3ccccc23)cc1. The number of fused-ring (bicyclic) bond motifs is 5. The van der Waals surface area contributed by atoms with Crippen molar-refractivity contribution in [1.82, 2.24) is 0 Å². The minimum absolute atomic E-state index is 1.12. The van der Waals surface area contributed by atoms with E-state index in [9.17, 15) is 0 Å². The highest BCUT2D eigenvalue weighted by atomic mass is 15.2. The Balaban J connectivity index is 1.33. The van der Waals surface area contributed by atoms with E-state index in [0.717, 1.165) is 12.8 Å². The molecule has 2 nitrogen and oxygen atoms in total. The predicted molar refractivity (Wildman–Crippen MR) is 263 cm³/mol. The van der Waals surface area contributed by atoms with Gasteiger partial charge in [-0.25, -0.2) is 0 Å². The van der Waals surface area contributed by atoms with Gasteiger partial charge in [-0.2, -0.15) is 0 Å². The van der Waals surface area contributed by atoms with Crippen molar-refractivity contribution in [3.63, 3.8) is 0 Å². The van der Waals surface area contributed by atoms with E-state index in [1.807, 2.05) is 0 Å². The molecule has 0 saturated heterocycles. The van der Waals surface area contributed by atoms with Crippen LogP contribution in [0, 0.1) is 27.7 Å². The summed E-state index contributed by atoms with van der Waals surface area (Å²) < 4.78 is 0. The van der Waals surface area contributed by atoms with Gasteiger partial charge < -0.3 is 9.80 Å². The summed E-state index contributed by atoms with van der Waals surface area (Å²) in [4.78, 5) is 4.98. The second-order valence-corrected chi connectivity index (χ2v) is 17.1. The lowest BCUT2D eigenvalue weighted by atomic mass is 9.93. The molecule has 0 atom stereocenters. The largest absolute Gasteiger partial charge is 0.310 e. The molecule has 8 rings (SSSR count). The molecule has 0 radical (unpaired) electrons. The number of hydrogen-bond donors (Lipinski definition) is 0. The Bertz CT molecular complexity index is 2530. The monoisotopic (exact) mass is 786 g/mol. The summed E-state index contributed by atoms with van der Waals surface area (Å²) in [6, 6.07) is 55.6. The van der Waals surface area contributed by atoms with Crippen molar-refractivity contribution in [1.29, 1.82) is 0 Å². The molecule has 0 aliphatic carbocycles. The maximum absolute atomic E-state index is 2.49. The molecule has 0 aliphatic heterocycles. The summed E-state index contributed by atoms with van der Waals surface area (Å²) in [6.45, 7) is 13.4. The van der Waals surface area contributed by atoms with Gasteiger partial charge in [0.2, 0.25) is 0 Å². The van der Waals surface area contributed by atoms with Crippen LogP contribution in [0.25, 0.3) is 32.3 Å². The van der Waals surface area contributed by atoms with Gasteiger partial charge in [-0.05, 0) is 169 Å². The van der Waals surface area contributed by atoms with Gasteiger partial charge in [-0.3, -0.25) is 0 Å². The number of anilines is 6. The van der Waals surface area contributed by atoms with Crippen molar-refractivity contribution in [3.8, 4) is 0 Å². The van der Waals surface area contributed by atoms with Crippen molar-refractivity contribution in [2.75, 3.05) is 9.80 Å². The van der Waals surface area contributed by atoms with Crippen LogP contribution < -0.4 is 9.80 Å². The van der Waals surface area contributed by atoms with Crippen LogP contribution in [0.3, 0.4) is 0 Å². The molecule has 304 valence electrons. The molecule has 0 N–H and O–H groups in total. The summed E-state index contributed by atoms with van der Waals surface area (Å²) in [6.07, 6.45) is 12.4. The zero-order chi connectivity index (χ0) is 41.6. The lowest BCUT2D eigenvalue weighted by Crippen LogP contribution is -2.12. The molecule has 0 spiro atoms. The molecule has 0 amide bonds. The van der Waals surface area contributed by atoms with Crippen molar-refractivity contribution in [2.24, 2.45) is 0 Å². The molecule has 0 unspecified atom stereocenters. The molecule has 0 aliphatic rings. The van der Waals surface area contributed by atoms with Gasteiger partial charge in [0.25, 0.3) is 0 Å². The molecule has 2 heteroatoms. The third-order valence-corrected chi connectivity index (χ3v) is 12.8. The lowest BCUT2D eigenvalue weighted by Gasteiger charge is -2.30. The first-order valence-corrected chi connectivity index (χ1v) is 22.6. The lowest BCUT2D eigenvalue weighted by molar-refractivity contribution is 0.667. The molecule has 0 heterocycles. The van der Waals surface area contributed by atoms with E-state index in [1.165, 1.54) is 151 Å². The average Bonchev–Trinajstić information content (AvgIpc) is 3.27. The first-order chi connectivity index (χ1) is 29.3. The highest BCUT2D eigenvalue weighted by molar-refractivity contribution is 6.24. The summed E-state index contributed by atoms with van der Waals surface area (Å²) in [7, 11) is 0. The zero-order valence-corrected chi connectivity index (χ0v) is 36.8. The van der Waals surface area contributed by atoms with E-state index >= 15 is 0 Å². The first kappa shape index (κ1) is 40.9. The minimum Gasteiger partial charge on any atom is -0.310 e. The van der Waals surface area contributed by atoms with Crippen molar-refractivity contribution < 1.29 is 0 Å². The summed E-state index contributed by atoms with van der Waals surface area (Å²) >= 11 is 0. The second-order valence-electron chi connectivity index (χ2n) is 17.1. The van der Waals surface area contributed by atoms with Crippen LogP contribution in [0.15, 0.2) is 146 Å². The normalized spacial score (nSPS) is 11.5. The zero-order valence-electron chi connectivity index (χ0n) is 36.8. The number of rotatable bonds is 16. The fourth-order valence-corrected chi connectivity index (χ4v) is 9.00. The Labute approximate surface area is 359 Å². The van der Waals surface area contributed by atoms with E-state index in [2.05, 4.69) is 197 Å². The molecule has 0 saturated carbocycles. The van der Waals surface area contributed by atoms with Gasteiger partial charge >= 0.3 is 0 Å². The highest BCUT2D eigenvalue weighted by Gasteiger charge is 2.22. The van der Waals surface area contributed by atoms with E-state index in [1.54, 1.807) is 0 Å². The number of hydrogen-bond acceptors (Lipinski definition) is 2. The summed E-state index contributed by atoms with van der Waals surface area (Å²) in [5.41, 5.74) is 15.1. The Morgan fingerprint density at radius 2 is 0.683 bits per heavy atom. The number of unbranched alkanes of at least 4 members (excludes halogenated alkanes) is 6. The molecule has 0 aromatic heterocycles. The van der Waals surface area contributed by atoms with Gasteiger partial charge in [0.05, 0.1) is 11.4 Å². The Morgan fingerprint density at radius 1 is 0.317 bits per heavy atom. The highest BCUT2D eigenvalue weighted by Crippen LogP contribution is 2.48. The maximum Gasteiger partial charge on any atom is 0.0546 e. The molecule has 0 bridgehead atoms. The molecule has 8 aromatic rings. The van der Waals surface area contributed by atoms with E-state index in [0.29, 0.717) is 0 Å². The van der Waals surface area contributed by atoms with Crippen LogP contribution in [0.4, 0.5) is 34.1 Å². The molecular weight excluding hydrogens is 725 g/mol. The number of aryl methyl sites for hydroxylation is 6. The average molecular weight is 787 g/mol. The van der Waals surface area contributed by atoms with Crippen LogP contribution in [0.5, 0.6) is 0 Å². The fourth-order valence-electron chi connectivity index (χ4n) is 9.00. The quantitative estimate of drug-likeness (QED) is 0.0711. The van der Waals surface area contributed by atoms with Crippen LogP contribution in [-0.2, 0) is 12.8 Å². The predicted octanol–water partition coefficient (Wildman–Crippen LogP) is 17.6. The van der Waals surface area contributed by atoms with Crippen LogP contribution >= 0.6 is 0 Å². The van der Waals surface area contributed by atoms with Gasteiger partial charge in [0, 0.05) is 33.5 Å². The third-order valence-electron chi connectivity index (χ3n) is 12.8. The molecular formula is C58H62N2. The topological polar surface area (TPSA) is 6.48 Å². The molecule has 0 fully saturated rings. The van der Waals surface area contributed by atoms with E-state index < -0.39 is 0 Å². The molecule has 60 heavy (non-hydrogen) atoms. The summed E-state index contributed by atoms with van der Waals surface area (Å²) in [5, 5.41) is 7.48. The van der Waals surface area contributed by atoms with Crippen molar-refractivity contribution in [3.05, 3.63) is 179 Å². The number of benzene rings is 8. The van der Waals surface area contributed by atoms with E-state index in [4.69, 9.17) is 0 Å².